The van der Waals surface area contributed by atoms with Crippen LogP contribution in [-0.4, -0.2) is 23.3 Å². The number of thioether (sulfide) groups is 1. The highest BCUT2D eigenvalue weighted by molar-refractivity contribution is 7.98. The fraction of sp³-hybridized carbons (Fsp3) is 0.231. The van der Waals surface area contributed by atoms with Gasteiger partial charge in [-0.1, -0.05) is 17.8 Å². The highest BCUT2D eigenvalue weighted by Crippen LogP contribution is 2.23. The van der Waals surface area contributed by atoms with Crippen LogP contribution in [0.2, 0.25) is 0 Å². The molecule has 0 aliphatic heterocycles. The van der Waals surface area contributed by atoms with E-state index in [1.165, 1.54) is 17.8 Å². The molecule has 19 heavy (non-hydrogen) atoms. The predicted octanol–water partition coefficient (Wildman–Crippen LogP) is 3.43. The zero-order chi connectivity index (χ0) is 13.8. The monoisotopic (exact) mass is 278 g/mol. The van der Waals surface area contributed by atoms with Crippen molar-refractivity contribution in [3.05, 3.63) is 35.6 Å². The molecule has 0 atom stereocenters. The summed E-state index contributed by atoms with van der Waals surface area (Å²) >= 11 is 1.43. The lowest BCUT2D eigenvalue weighted by atomic mass is 10.2. The fourth-order valence-corrected chi connectivity index (χ4v) is 1.96. The number of hydrogen-bond donors (Lipinski definition) is 2. The molecule has 2 N–H and O–H groups in total. The molecule has 1 aromatic heterocycles. The predicted molar refractivity (Wildman–Crippen MR) is 77.8 cm³/mol. The molecule has 2 rings (SSSR count). The van der Waals surface area contributed by atoms with Crippen molar-refractivity contribution in [2.75, 3.05) is 23.9 Å². The van der Waals surface area contributed by atoms with Crippen LogP contribution in [0.1, 0.15) is 5.56 Å². The second-order valence-electron chi connectivity index (χ2n) is 3.98. The Kier molecular flexibility index (Phi) is 4.21. The molecule has 1 heterocycles. The van der Waals surface area contributed by atoms with Gasteiger partial charge in [-0.25, -0.2) is 14.4 Å². The van der Waals surface area contributed by atoms with Crippen LogP contribution >= 0.6 is 11.8 Å². The number of aryl methyl sites for hydroxylation is 1. The molecule has 0 unspecified atom stereocenters. The Labute approximate surface area is 115 Å². The van der Waals surface area contributed by atoms with Gasteiger partial charge in [0.2, 0.25) is 0 Å². The van der Waals surface area contributed by atoms with Crippen molar-refractivity contribution in [1.29, 1.82) is 0 Å². The molecule has 0 saturated heterocycles. The van der Waals surface area contributed by atoms with Crippen LogP contribution in [0.4, 0.5) is 21.7 Å². The molecule has 0 saturated carbocycles. The topological polar surface area (TPSA) is 49.8 Å². The van der Waals surface area contributed by atoms with Crippen molar-refractivity contribution in [2.24, 2.45) is 0 Å². The van der Waals surface area contributed by atoms with E-state index in [0.29, 0.717) is 22.5 Å². The Bertz CT molecular complexity index is 567. The van der Waals surface area contributed by atoms with Crippen LogP contribution in [0.15, 0.2) is 29.4 Å². The van der Waals surface area contributed by atoms with Crippen LogP contribution in [0.5, 0.6) is 0 Å². The zero-order valence-corrected chi connectivity index (χ0v) is 11.8. The number of anilines is 3. The molecule has 0 fully saturated rings. The standard InChI is InChI=1S/C13H15FN4S/c1-8-4-5-9(14)10(6-8)16-12-7-11(15-2)17-13(18-12)19-3/h4-7H,1-3H3,(H2,15,16,17,18). The maximum Gasteiger partial charge on any atom is 0.191 e. The SMILES string of the molecule is CNc1cc(Nc2cc(C)ccc2F)nc(SC)n1. The normalized spacial score (nSPS) is 10.3. The first-order chi connectivity index (χ1) is 9.12. The van der Waals surface area contributed by atoms with Crippen LogP contribution in [-0.2, 0) is 0 Å². The van der Waals surface area contributed by atoms with E-state index in [9.17, 15) is 4.39 Å². The number of nitrogens with one attached hydrogen (secondary N) is 2. The third kappa shape index (κ3) is 3.35. The van der Waals surface area contributed by atoms with Gasteiger partial charge in [0.1, 0.15) is 17.5 Å². The fourth-order valence-electron chi connectivity index (χ4n) is 1.58. The summed E-state index contributed by atoms with van der Waals surface area (Å²) < 4.78 is 13.7. The van der Waals surface area contributed by atoms with Gasteiger partial charge in [0.05, 0.1) is 5.69 Å². The van der Waals surface area contributed by atoms with Crippen LogP contribution < -0.4 is 10.6 Å². The maximum absolute atomic E-state index is 13.7. The van der Waals surface area contributed by atoms with E-state index in [4.69, 9.17) is 0 Å². The minimum atomic E-state index is -0.305. The Morgan fingerprint density at radius 3 is 2.58 bits per heavy atom. The van der Waals surface area contributed by atoms with Gasteiger partial charge in [-0.15, -0.1) is 0 Å². The van der Waals surface area contributed by atoms with Crippen molar-refractivity contribution in [3.63, 3.8) is 0 Å². The average molecular weight is 278 g/mol. The second kappa shape index (κ2) is 5.88. The number of nitrogens with zero attached hydrogens (tertiary/aromatic N) is 2. The lowest BCUT2D eigenvalue weighted by Crippen LogP contribution is -2.01. The van der Waals surface area contributed by atoms with Gasteiger partial charge in [0.15, 0.2) is 5.16 Å². The van der Waals surface area contributed by atoms with Crippen molar-refractivity contribution in [2.45, 2.75) is 12.1 Å². The summed E-state index contributed by atoms with van der Waals surface area (Å²) in [4.78, 5) is 8.56. The van der Waals surface area contributed by atoms with Gasteiger partial charge in [-0.05, 0) is 30.9 Å². The van der Waals surface area contributed by atoms with Gasteiger partial charge in [-0.2, -0.15) is 0 Å². The highest BCUT2D eigenvalue weighted by atomic mass is 32.2. The Hall–Kier alpha value is -1.82. The Morgan fingerprint density at radius 2 is 1.89 bits per heavy atom. The second-order valence-corrected chi connectivity index (χ2v) is 4.76. The third-order valence-corrected chi connectivity index (χ3v) is 3.08. The third-order valence-electron chi connectivity index (χ3n) is 2.53. The van der Waals surface area contributed by atoms with Gasteiger partial charge in [0, 0.05) is 13.1 Å². The average Bonchev–Trinajstić information content (AvgIpc) is 2.42. The molecule has 6 heteroatoms. The van der Waals surface area contributed by atoms with Crippen LogP contribution in [0.3, 0.4) is 0 Å². The maximum atomic E-state index is 13.7. The van der Waals surface area contributed by atoms with E-state index in [2.05, 4.69) is 20.6 Å². The zero-order valence-electron chi connectivity index (χ0n) is 11.0. The molecular weight excluding hydrogens is 263 g/mol. The van der Waals surface area contributed by atoms with E-state index >= 15 is 0 Å². The molecule has 1 aromatic carbocycles. The van der Waals surface area contributed by atoms with Gasteiger partial charge in [-0.3, -0.25) is 0 Å². The summed E-state index contributed by atoms with van der Waals surface area (Å²) in [6.45, 7) is 1.91. The first kappa shape index (κ1) is 13.6. The number of benzene rings is 1. The molecule has 4 nitrogen and oxygen atoms in total. The summed E-state index contributed by atoms with van der Waals surface area (Å²) in [7, 11) is 1.78. The smallest absolute Gasteiger partial charge is 0.191 e. The van der Waals surface area contributed by atoms with Crippen LogP contribution in [0.25, 0.3) is 0 Å². The molecule has 100 valence electrons. The summed E-state index contributed by atoms with van der Waals surface area (Å²) in [6.07, 6.45) is 1.89. The van der Waals surface area contributed by atoms with Gasteiger partial charge >= 0.3 is 0 Å². The van der Waals surface area contributed by atoms with E-state index in [0.717, 1.165) is 5.56 Å². The molecular formula is C13H15FN4S. The van der Waals surface area contributed by atoms with Crippen molar-refractivity contribution in [1.82, 2.24) is 9.97 Å². The quantitative estimate of drug-likeness (QED) is 0.663. The molecule has 0 radical (unpaired) electrons. The first-order valence-corrected chi connectivity index (χ1v) is 6.99. The summed E-state index contributed by atoms with van der Waals surface area (Å²) in [6, 6.07) is 6.65. The molecule has 2 aromatic rings. The lowest BCUT2D eigenvalue weighted by Gasteiger charge is -2.10. The largest absolute Gasteiger partial charge is 0.373 e. The minimum Gasteiger partial charge on any atom is -0.373 e. The van der Waals surface area contributed by atoms with Crippen LogP contribution in [0, 0.1) is 12.7 Å². The highest BCUT2D eigenvalue weighted by Gasteiger charge is 2.06. The van der Waals surface area contributed by atoms with E-state index < -0.39 is 0 Å². The Balaban J connectivity index is 2.34. The van der Waals surface area contributed by atoms with Crippen molar-refractivity contribution >= 4 is 29.1 Å². The van der Waals surface area contributed by atoms with Gasteiger partial charge < -0.3 is 10.6 Å². The summed E-state index contributed by atoms with van der Waals surface area (Å²) in [5.74, 6) is 0.948. The molecule has 0 aliphatic rings. The number of rotatable bonds is 4. The summed E-state index contributed by atoms with van der Waals surface area (Å²) in [5, 5.41) is 6.57. The lowest BCUT2D eigenvalue weighted by molar-refractivity contribution is 0.631. The minimum absolute atomic E-state index is 0.305. The van der Waals surface area contributed by atoms with E-state index in [1.807, 2.05) is 13.2 Å². The molecule has 0 amide bonds. The molecule has 0 aliphatic carbocycles. The molecule has 0 spiro atoms. The number of aromatic nitrogens is 2. The summed E-state index contributed by atoms with van der Waals surface area (Å²) in [5.41, 5.74) is 1.39. The Morgan fingerprint density at radius 1 is 1.16 bits per heavy atom. The number of hydrogen-bond acceptors (Lipinski definition) is 5. The first-order valence-electron chi connectivity index (χ1n) is 5.76. The molecule has 0 bridgehead atoms. The van der Waals surface area contributed by atoms with E-state index in [-0.39, 0.29) is 5.82 Å². The van der Waals surface area contributed by atoms with Gasteiger partial charge in [0.25, 0.3) is 0 Å². The van der Waals surface area contributed by atoms with Crippen molar-refractivity contribution < 1.29 is 4.39 Å². The van der Waals surface area contributed by atoms with Crippen molar-refractivity contribution in [3.8, 4) is 0 Å². The number of halogens is 1. The van der Waals surface area contributed by atoms with E-state index in [1.54, 1.807) is 25.2 Å².